The van der Waals surface area contributed by atoms with Crippen LogP contribution in [0.4, 0.5) is 5.69 Å². The van der Waals surface area contributed by atoms with E-state index in [1.165, 1.54) is 0 Å². The van der Waals surface area contributed by atoms with Gasteiger partial charge in [0.15, 0.2) is 5.82 Å². The first-order valence-corrected chi connectivity index (χ1v) is 4.56. The number of anilines is 1. The monoisotopic (exact) mass is 204 g/mol. The van der Waals surface area contributed by atoms with Crippen LogP contribution in [0.25, 0.3) is 11.4 Å². The van der Waals surface area contributed by atoms with Crippen molar-refractivity contribution in [3.8, 4) is 11.4 Å². The Labute approximate surface area is 87.2 Å². The lowest BCUT2D eigenvalue weighted by molar-refractivity contribution is 0.283. The number of nitrogens with zero attached hydrogens (tertiary/aromatic N) is 3. The van der Waals surface area contributed by atoms with Crippen molar-refractivity contribution in [2.45, 2.75) is 6.61 Å². The third-order valence-corrected chi connectivity index (χ3v) is 2.21. The zero-order valence-corrected chi connectivity index (χ0v) is 8.38. The summed E-state index contributed by atoms with van der Waals surface area (Å²) in [5.41, 5.74) is 7.76. The Morgan fingerprint density at radius 2 is 2.27 bits per heavy atom. The molecule has 2 rings (SSSR count). The van der Waals surface area contributed by atoms with E-state index >= 15 is 0 Å². The lowest BCUT2D eigenvalue weighted by Gasteiger charge is -2.06. The second-order valence-electron chi connectivity index (χ2n) is 3.27. The maximum Gasteiger partial charge on any atom is 0.181 e. The second-order valence-corrected chi connectivity index (χ2v) is 3.27. The van der Waals surface area contributed by atoms with Gasteiger partial charge in [0.25, 0.3) is 0 Å². The van der Waals surface area contributed by atoms with Crippen molar-refractivity contribution in [1.29, 1.82) is 0 Å². The standard InChI is InChI=1S/C10H12N4O/c1-14-6-12-10(13-14)7-3-2-4-9(11)8(7)5-15/h2-4,6,15H,5,11H2,1H3. The van der Waals surface area contributed by atoms with Crippen LogP contribution in [0.5, 0.6) is 0 Å². The first-order chi connectivity index (χ1) is 7.22. The zero-order valence-electron chi connectivity index (χ0n) is 8.38. The van der Waals surface area contributed by atoms with Crippen LogP contribution >= 0.6 is 0 Å². The highest BCUT2D eigenvalue weighted by Gasteiger charge is 2.10. The van der Waals surface area contributed by atoms with Gasteiger partial charge < -0.3 is 10.8 Å². The molecule has 2 aromatic rings. The van der Waals surface area contributed by atoms with Crippen molar-refractivity contribution < 1.29 is 5.11 Å². The van der Waals surface area contributed by atoms with E-state index in [0.717, 1.165) is 5.56 Å². The topological polar surface area (TPSA) is 77.0 Å². The number of benzene rings is 1. The van der Waals surface area contributed by atoms with Crippen LogP contribution in [0.3, 0.4) is 0 Å². The summed E-state index contributed by atoms with van der Waals surface area (Å²) in [5, 5.41) is 13.4. The predicted octanol–water partition coefficient (Wildman–Crippen LogP) is 0.557. The molecule has 0 radical (unpaired) electrons. The van der Waals surface area contributed by atoms with Crippen LogP contribution in [0.15, 0.2) is 24.5 Å². The summed E-state index contributed by atoms with van der Waals surface area (Å²) in [6.45, 7) is -0.111. The minimum absolute atomic E-state index is 0.111. The SMILES string of the molecule is Cn1cnc(-c2cccc(N)c2CO)n1. The molecule has 0 unspecified atom stereocenters. The first-order valence-electron chi connectivity index (χ1n) is 4.56. The molecule has 78 valence electrons. The van der Waals surface area contributed by atoms with Crippen LogP contribution in [0.1, 0.15) is 5.56 Å². The van der Waals surface area contributed by atoms with Crippen LogP contribution in [-0.4, -0.2) is 19.9 Å². The van der Waals surface area contributed by atoms with Gasteiger partial charge in [0, 0.05) is 23.9 Å². The smallest absolute Gasteiger partial charge is 0.181 e. The molecule has 1 heterocycles. The molecule has 0 bridgehead atoms. The van der Waals surface area contributed by atoms with Gasteiger partial charge in [-0.15, -0.1) is 0 Å². The Bertz CT molecular complexity index is 478. The molecule has 0 aliphatic carbocycles. The van der Waals surface area contributed by atoms with Crippen molar-refractivity contribution in [2.24, 2.45) is 7.05 Å². The van der Waals surface area contributed by atoms with Crippen LogP contribution in [0.2, 0.25) is 0 Å². The highest BCUT2D eigenvalue weighted by atomic mass is 16.3. The molecule has 0 aliphatic heterocycles. The Morgan fingerprint density at radius 1 is 1.47 bits per heavy atom. The van der Waals surface area contributed by atoms with E-state index in [0.29, 0.717) is 17.1 Å². The van der Waals surface area contributed by atoms with Crippen molar-refractivity contribution in [3.63, 3.8) is 0 Å². The number of aliphatic hydroxyl groups excluding tert-OH is 1. The maximum absolute atomic E-state index is 9.23. The number of nitrogen functional groups attached to an aromatic ring is 1. The van der Waals surface area contributed by atoms with E-state index in [2.05, 4.69) is 10.1 Å². The van der Waals surface area contributed by atoms with E-state index in [1.807, 2.05) is 12.1 Å². The molecule has 0 aliphatic rings. The summed E-state index contributed by atoms with van der Waals surface area (Å²) in [4.78, 5) is 4.12. The number of hydrogen-bond donors (Lipinski definition) is 2. The zero-order chi connectivity index (χ0) is 10.8. The summed E-state index contributed by atoms with van der Waals surface area (Å²) >= 11 is 0. The van der Waals surface area contributed by atoms with Crippen LogP contribution in [0, 0.1) is 0 Å². The average Bonchev–Trinajstić information content (AvgIpc) is 2.64. The minimum atomic E-state index is -0.111. The van der Waals surface area contributed by atoms with Crippen molar-refractivity contribution >= 4 is 5.69 Å². The van der Waals surface area contributed by atoms with Crippen LogP contribution in [-0.2, 0) is 13.7 Å². The van der Waals surface area contributed by atoms with Crippen molar-refractivity contribution in [3.05, 3.63) is 30.1 Å². The van der Waals surface area contributed by atoms with Gasteiger partial charge in [-0.05, 0) is 6.07 Å². The molecular weight excluding hydrogens is 192 g/mol. The quantitative estimate of drug-likeness (QED) is 0.700. The summed E-state index contributed by atoms with van der Waals surface area (Å²) in [5.74, 6) is 0.578. The average molecular weight is 204 g/mol. The lowest BCUT2D eigenvalue weighted by atomic mass is 10.1. The fraction of sp³-hybridized carbons (Fsp3) is 0.200. The summed E-state index contributed by atoms with van der Waals surface area (Å²) in [6.07, 6.45) is 1.61. The van der Waals surface area contributed by atoms with Gasteiger partial charge in [-0.3, -0.25) is 4.68 Å². The normalized spacial score (nSPS) is 10.5. The maximum atomic E-state index is 9.23. The third kappa shape index (κ3) is 1.69. The Hall–Kier alpha value is -1.88. The Kier molecular flexibility index (Phi) is 2.39. The highest BCUT2D eigenvalue weighted by Crippen LogP contribution is 2.24. The van der Waals surface area contributed by atoms with E-state index < -0.39 is 0 Å². The van der Waals surface area contributed by atoms with Gasteiger partial charge in [-0.25, -0.2) is 4.98 Å². The Morgan fingerprint density at radius 3 is 2.87 bits per heavy atom. The molecule has 15 heavy (non-hydrogen) atoms. The number of hydrogen-bond acceptors (Lipinski definition) is 4. The van der Waals surface area contributed by atoms with Gasteiger partial charge >= 0.3 is 0 Å². The number of aryl methyl sites for hydroxylation is 1. The lowest BCUT2D eigenvalue weighted by Crippen LogP contribution is -1.98. The summed E-state index contributed by atoms with van der Waals surface area (Å²) < 4.78 is 1.61. The molecule has 0 spiro atoms. The fourth-order valence-electron chi connectivity index (χ4n) is 1.45. The van der Waals surface area contributed by atoms with E-state index in [1.54, 1.807) is 24.1 Å². The molecule has 0 fully saturated rings. The van der Waals surface area contributed by atoms with Crippen molar-refractivity contribution in [2.75, 3.05) is 5.73 Å². The summed E-state index contributed by atoms with van der Waals surface area (Å²) in [7, 11) is 1.79. The first kappa shape index (κ1) is 9.67. The molecule has 0 atom stereocenters. The van der Waals surface area contributed by atoms with Gasteiger partial charge in [0.05, 0.1) is 6.61 Å². The van der Waals surface area contributed by atoms with E-state index in [9.17, 15) is 5.11 Å². The van der Waals surface area contributed by atoms with Crippen molar-refractivity contribution in [1.82, 2.24) is 14.8 Å². The van der Waals surface area contributed by atoms with Gasteiger partial charge in [-0.2, -0.15) is 5.10 Å². The fourth-order valence-corrected chi connectivity index (χ4v) is 1.45. The molecule has 0 amide bonds. The molecule has 1 aromatic heterocycles. The number of aliphatic hydroxyl groups is 1. The number of nitrogens with two attached hydrogens (primary N) is 1. The third-order valence-electron chi connectivity index (χ3n) is 2.21. The minimum Gasteiger partial charge on any atom is -0.398 e. The number of rotatable bonds is 2. The second kappa shape index (κ2) is 3.70. The van der Waals surface area contributed by atoms with Gasteiger partial charge in [0.2, 0.25) is 0 Å². The molecular formula is C10H12N4O. The van der Waals surface area contributed by atoms with E-state index in [-0.39, 0.29) is 6.61 Å². The summed E-state index contributed by atoms with van der Waals surface area (Å²) in [6, 6.07) is 5.41. The number of aromatic nitrogens is 3. The molecule has 1 aromatic carbocycles. The van der Waals surface area contributed by atoms with Gasteiger partial charge in [0.1, 0.15) is 6.33 Å². The van der Waals surface area contributed by atoms with Gasteiger partial charge in [-0.1, -0.05) is 12.1 Å². The predicted molar refractivity (Wildman–Crippen MR) is 56.8 cm³/mol. The largest absolute Gasteiger partial charge is 0.398 e. The molecule has 3 N–H and O–H groups in total. The Balaban J connectivity index is 2.57. The highest BCUT2D eigenvalue weighted by molar-refractivity contribution is 5.67. The molecule has 0 saturated carbocycles. The molecule has 5 heteroatoms. The molecule has 5 nitrogen and oxygen atoms in total. The van der Waals surface area contributed by atoms with Crippen LogP contribution < -0.4 is 5.73 Å². The van der Waals surface area contributed by atoms with E-state index in [4.69, 9.17) is 5.73 Å². The molecule has 0 saturated heterocycles.